The van der Waals surface area contributed by atoms with Crippen molar-refractivity contribution in [3.05, 3.63) is 60.0 Å². The van der Waals surface area contributed by atoms with E-state index in [1.54, 1.807) is 23.9 Å². The second-order valence-electron chi connectivity index (χ2n) is 5.34. The Morgan fingerprint density at radius 2 is 2.13 bits per heavy atom. The van der Waals surface area contributed by atoms with E-state index < -0.39 is 0 Å². The third-order valence-corrected chi connectivity index (χ3v) is 4.76. The van der Waals surface area contributed by atoms with Crippen LogP contribution < -0.4 is 5.32 Å². The number of rotatable bonds is 4. The van der Waals surface area contributed by atoms with Gasteiger partial charge in [-0.3, -0.25) is 4.98 Å². The topological polar surface area (TPSA) is 55.6 Å². The predicted molar refractivity (Wildman–Crippen MR) is 93.4 cm³/mol. The monoisotopic (exact) mass is 321 g/mol. The fraction of sp³-hybridized carbons (Fsp3) is 0.118. The van der Waals surface area contributed by atoms with Gasteiger partial charge in [0.2, 0.25) is 0 Å². The highest BCUT2D eigenvalue weighted by Crippen LogP contribution is 2.26. The molecule has 1 aromatic carbocycles. The Labute approximate surface area is 137 Å². The third kappa shape index (κ3) is 2.68. The number of anilines is 1. The lowest BCUT2D eigenvalue weighted by atomic mass is 10.2. The van der Waals surface area contributed by atoms with Gasteiger partial charge < -0.3 is 9.88 Å². The molecule has 5 nitrogen and oxygen atoms in total. The number of aryl methyl sites for hydroxylation is 1. The molecule has 0 unspecified atom stereocenters. The van der Waals surface area contributed by atoms with Gasteiger partial charge in [-0.2, -0.15) is 0 Å². The molecule has 3 aromatic heterocycles. The van der Waals surface area contributed by atoms with E-state index in [2.05, 4.69) is 50.1 Å². The third-order valence-electron chi connectivity index (χ3n) is 3.75. The van der Waals surface area contributed by atoms with Gasteiger partial charge in [0, 0.05) is 36.2 Å². The maximum absolute atomic E-state index is 4.30. The first-order chi connectivity index (χ1) is 11.3. The van der Waals surface area contributed by atoms with Crippen LogP contribution in [-0.4, -0.2) is 19.7 Å². The smallest absolute Gasteiger partial charge is 0.165 e. The van der Waals surface area contributed by atoms with E-state index in [4.69, 9.17) is 0 Å². The molecule has 0 saturated heterocycles. The minimum atomic E-state index is 0.772. The van der Waals surface area contributed by atoms with Crippen LogP contribution in [0.3, 0.4) is 0 Å². The summed E-state index contributed by atoms with van der Waals surface area (Å²) in [6.45, 7) is 0.772. The van der Waals surface area contributed by atoms with Gasteiger partial charge in [0.1, 0.15) is 6.33 Å². The van der Waals surface area contributed by atoms with E-state index >= 15 is 0 Å². The maximum Gasteiger partial charge on any atom is 0.165 e. The lowest BCUT2D eigenvalue weighted by molar-refractivity contribution is 0.918. The normalized spacial score (nSPS) is 11.0. The van der Waals surface area contributed by atoms with Gasteiger partial charge in [-0.25, -0.2) is 0 Å². The summed E-state index contributed by atoms with van der Waals surface area (Å²) in [6.07, 6.45) is 5.32. The zero-order valence-corrected chi connectivity index (χ0v) is 13.4. The molecule has 4 aromatic rings. The van der Waals surface area contributed by atoms with Crippen molar-refractivity contribution in [2.45, 2.75) is 6.54 Å². The summed E-state index contributed by atoms with van der Waals surface area (Å²) in [5.41, 5.74) is 3.22. The summed E-state index contributed by atoms with van der Waals surface area (Å²) in [4.78, 5) is 4.30. The molecule has 0 radical (unpaired) electrons. The molecule has 114 valence electrons. The summed E-state index contributed by atoms with van der Waals surface area (Å²) < 4.78 is 3.20. The van der Waals surface area contributed by atoms with Crippen LogP contribution >= 0.6 is 11.3 Å². The summed E-state index contributed by atoms with van der Waals surface area (Å²) >= 11 is 1.77. The Bertz CT molecular complexity index is 956. The van der Waals surface area contributed by atoms with Crippen LogP contribution in [0.5, 0.6) is 0 Å². The van der Waals surface area contributed by atoms with Crippen molar-refractivity contribution in [3.63, 3.8) is 0 Å². The number of fused-ring (bicyclic) bond motifs is 1. The maximum atomic E-state index is 4.30. The number of nitrogens with one attached hydrogen (secondary N) is 1. The molecular weight excluding hydrogens is 306 g/mol. The molecule has 3 heterocycles. The van der Waals surface area contributed by atoms with Crippen LogP contribution in [0.4, 0.5) is 5.69 Å². The van der Waals surface area contributed by atoms with Gasteiger partial charge in [-0.05, 0) is 28.5 Å². The molecule has 0 aliphatic rings. The quantitative estimate of drug-likeness (QED) is 0.622. The fourth-order valence-corrected chi connectivity index (χ4v) is 3.53. The van der Waals surface area contributed by atoms with E-state index in [9.17, 15) is 0 Å². The fourth-order valence-electron chi connectivity index (χ4n) is 2.57. The molecule has 23 heavy (non-hydrogen) atoms. The molecule has 4 rings (SSSR count). The van der Waals surface area contributed by atoms with Gasteiger partial charge in [-0.1, -0.05) is 18.2 Å². The molecule has 0 fully saturated rings. The Kier molecular flexibility index (Phi) is 3.51. The van der Waals surface area contributed by atoms with E-state index in [1.165, 1.54) is 15.6 Å². The largest absolute Gasteiger partial charge is 0.380 e. The van der Waals surface area contributed by atoms with Crippen LogP contribution in [0.1, 0.15) is 5.56 Å². The number of thiophene rings is 1. The summed E-state index contributed by atoms with van der Waals surface area (Å²) in [7, 11) is 1.92. The lowest BCUT2D eigenvalue weighted by Crippen LogP contribution is -2.00. The van der Waals surface area contributed by atoms with E-state index in [0.717, 1.165) is 23.6 Å². The molecule has 0 saturated carbocycles. The highest BCUT2D eigenvalue weighted by atomic mass is 32.1. The molecule has 0 bridgehead atoms. The number of aromatic nitrogens is 4. The second-order valence-corrected chi connectivity index (χ2v) is 6.25. The number of benzene rings is 1. The molecule has 1 N–H and O–H groups in total. The number of nitrogens with zero attached hydrogens (tertiary/aromatic N) is 4. The zero-order chi connectivity index (χ0) is 15.6. The molecule has 0 aliphatic heterocycles. The van der Waals surface area contributed by atoms with Crippen LogP contribution in [0, 0.1) is 0 Å². The van der Waals surface area contributed by atoms with E-state index in [0.29, 0.717) is 0 Å². The minimum absolute atomic E-state index is 0.772. The molecule has 6 heteroatoms. The Morgan fingerprint density at radius 3 is 3.00 bits per heavy atom. The van der Waals surface area contributed by atoms with Crippen molar-refractivity contribution in [1.29, 1.82) is 0 Å². The molecule has 0 amide bonds. The second kappa shape index (κ2) is 5.81. The van der Waals surface area contributed by atoms with Crippen molar-refractivity contribution >= 4 is 27.1 Å². The van der Waals surface area contributed by atoms with Crippen molar-refractivity contribution in [2.24, 2.45) is 7.05 Å². The van der Waals surface area contributed by atoms with Crippen LogP contribution in [0.15, 0.2) is 54.4 Å². The zero-order valence-electron chi connectivity index (χ0n) is 12.6. The summed E-state index contributed by atoms with van der Waals surface area (Å²) in [5, 5.41) is 15.0. The first kappa shape index (κ1) is 13.9. The summed E-state index contributed by atoms with van der Waals surface area (Å²) in [5.74, 6) is 0.808. The Morgan fingerprint density at radius 1 is 1.22 bits per heavy atom. The first-order valence-electron chi connectivity index (χ1n) is 7.29. The van der Waals surface area contributed by atoms with Crippen LogP contribution in [-0.2, 0) is 13.6 Å². The average Bonchev–Trinajstić information content (AvgIpc) is 3.19. The number of hydrogen-bond donors (Lipinski definition) is 1. The number of hydrogen-bond acceptors (Lipinski definition) is 5. The van der Waals surface area contributed by atoms with Crippen molar-refractivity contribution < 1.29 is 0 Å². The first-order valence-corrected chi connectivity index (χ1v) is 8.17. The van der Waals surface area contributed by atoms with Gasteiger partial charge in [-0.15, -0.1) is 21.5 Å². The molecule has 0 spiro atoms. The van der Waals surface area contributed by atoms with Crippen molar-refractivity contribution in [3.8, 4) is 11.4 Å². The minimum Gasteiger partial charge on any atom is -0.380 e. The van der Waals surface area contributed by atoms with Gasteiger partial charge >= 0.3 is 0 Å². The molecular formula is C17H15N5S. The van der Waals surface area contributed by atoms with Crippen LogP contribution in [0.25, 0.3) is 21.5 Å². The number of pyridine rings is 1. The molecule has 0 atom stereocenters. The van der Waals surface area contributed by atoms with Gasteiger partial charge in [0.25, 0.3) is 0 Å². The van der Waals surface area contributed by atoms with Gasteiger partial charge in [0.05, 0.1) is 5.69 Å². The lowest BCUT2D eigenvalue weighted by Gasteiger charge is -2.07. The highest BCUT2D eigenvalue weighted by Gasteiger charge is 2.07. The Hall–Kier alpha value is -2.73. The predicted octanol–water partition coefficient (Wildman–Crippen LogP) is 3.70. The van der Waals surface area contributed by atoms with Crippen molar-refractivity contribution in [2.75, 3.05) is 5.32 Å². The molecule has 0 aliphatic carbocycles. The average molecular weight is 321 g/mol. The van der Waals surface area contributed by atoms with E-state index in [1.807, 2.05) is 23.9 Å². The highest BCUT2D eigenvalue weighted by molar-refractivity contribution is 7.17. The van der Waals surface area contributed by atoms with E-state index in [-0.39, 0.29) is 0 Å². The SMILES string of the molecule is Cn1cnnc1-c1cncc(NCc2csc3ccccc23)c1. The van der Waals surface area contributed by atoms with Crippen LogP contribution in [0.2, 0.25) is 0 Å². The standard InChI is InChI=1S/C17H15N5S/c1-22-11-20-21-17(22)12-6-14(9-18-7-12)19-8-13-10-23-16-5-3-2-4-15(13)16/h2-7,9-11,19H,8H2,1H3. The summed E-state index contributed by atoms with van der Waals surface area (Å²) in [6, 6.07) is 10.5. The van der Waals surface area contributed by atoms with Crippen molar-refractivity contribution in [1.82, 2.24) is 19.7 Å². The van der Waals surface area contributed by atoms with Gasteiger partial charge in [0.15, 0.2) is 5.82 Å². The Balaban J connectivity index is 1.57.